The minimum absolute atomic E-state index is 0.0146. The summed E-state index contributed by atoms with van der Waals surface area (Å²) >= 11 is 0. The number of hydrogen-bond donors (Lipinski definition) is 0. The van der Waals surface area contributed by atoms with Gasteiger partial charge in [-0.05, 0) is 217 Å². The first-order valence-electron chi connectivity index (χ1n) is 42.2. The van der Waals surface area contributed by atoms with E-state index in [9.17, 15) is 9.59 Å². The second-order valence-electron chi connectivity index (χ2n) is 31.1. The Morgan fingerprint density at radius 2 is 0.574 bits per heavy atom. The number of carbonyl (C=O) groups excluding carboxylic acids is 2. The van der Waals surface area contributed by atoms with E-state index < -0.39 is 0 Å². The molecule has 0 N–H and O–H groups in total. The highest BCUT2D eigenvalue weighted by atomic mass is 32.2. The van der Waals surface area contributed by atoms with Crippen LogP contribution in [0.25, 0.3) is 25.1 Å². The van der Waals surface area contributed by atoms with E-state index >= 15 is 0 Å². The summed E-state index contributed by atoms with van der Waals surface area (Å²) in [5, 5.41) is 3.77. The first-order chi connectivity index (χ1) is 59.8. The normalized spacial score (nSPS) is 15.0. The maximum absolute atomic E-state index is 10.8. The molecule has 6 heterocycles. The van der Waals surface area contributed by atoms with Crippen molar-refractivity contribution in [3.05, 3.63) is 429 Å². The van der Waals surface area contributed by atoms with Crippen molar-refractivity contribution in [2.24, 2.45) is 0 Å². The summed E-state index contributed by atoms with van der Waals surface area (Å²) in [6, 6.07) is 147. The number of para-hydroxylation sites is 2. The molecule has 612 valence electrons. The summed E-state index contributed by atoms with van der Waals surface area (Å²) in [7, 11) is 1.05. The molecule has 16 aromatic rings. The molecule has 11 heteroatoms. The lowest BCUT2D eigenvalue weighted by Crippen LogP contribution is -2.21. The standard InChI is InChI=1S/C22H23S.C19H15S.C18H13OS.C18H13S.C18H15S.C6H11OS.C5H9OS.C5H11S/c1-22(2,3)18-14-16-21(17-15-18)23(19-10-6-4-7-11-19)20-12-8-5-9-13-20;1-2-10-17(11-3-1)20-18-12-6-4-8-15(18)14-16-9-5-7-13-19(16)20;1-2-8-14(9-3-1)20-17-12-6-4-10-15(17)19-16-11-5-7-13-18(16)20;1-2-8-14(9-3-1)19-17-12-6-4-10-15(17)16-11-5-7-13-18(16)19;1-4-10-16(11-5-1)19(17-12-6-2-7-13-17)18-14-8-3-9-15-18;1-8-5-3-2-4-6(8)7;1-7-4-2-3-5(7)6;1-6-4-2-3-5-6/h4-17H,1-3H3;1-13H,14H2;1-13H;1-13H;1-15H;2-5H2,1H3;2-4H2,1H3;2-5H2,1H3/q8*+1. The van der Waals surface area contributed by atoms with Crippen LogP contribution < -0.4 is 4.74 Å². The molecule has 2 unspecified atom stereocenters. The molecule has 3 nitrogen and oxygen atoms in total. The van der Waals surface area contributed by atoms with Gasteiger partial charge >= 0.3 is 10.2 Å². The lowest BCUT2D eigenvalue weighted by Gasteiger charge is -2.19. The highest BCUT2D eigenvalue weighted by molar-refractivity contribution is 8.10. The zero-order chi connectivity index (χ0) is 84.3. The van der Waals surface area contributed by atoms with Gasteiger partial charge in [0.1, 0.15) is 46.4 Å². The third kappa shape index (κ3) is 23.5. The molecule has 0 saturated carbocycles. The molecule has 2 atom stereocenters. The Labute approximate surface area is 748 Å². The van der Waals surface area contributed by atoms with Gasteiger partial charge in [-0.1, -0.05) is 263 Å². The Morgan fingerprint density at radius 3 is 0.902 bits per heavy atom. The number of rotatable bonds is 9. The van der Waals surface area contributed by atoms with Gasteiger partial charge in [-0.2, -0.15) is 0 Å². The van der Waals surface area contributed by atoms with Crippen LogP contribution in [0.4, 0.5) is 0 Å². The number of ether oxygens (including phenoxy) is 1. The van der Waals surface area contributed by atoms with E-state index in [1.54, 1.807) is 0 Å². The van der Waals surface area contributed by atoms with Gasteiger partial charge in [0, 0.05) is 45.2 Å². The van der Waals surface area contributed by atoms with Gasteiger partial charge < -0.3 is 4.74 Å². The molecule has 0 bridgehead atoms. The first-order valence-corrected chi connectivity index (χ1v) is 53.9. The van der Waals surface area contributed by atoms with Crippen molar-refractivity contribution in [3.63, 3.8) is 0 Å². The Bertz CT molecular complexity index is 5500. The van der Waals surface area contributed by atoms with Gasteiger partial charge in [0.25, 0.3) is 0 Å². The molecule has 0 aliphatic carbocycles. The fraction of sp³-hybridized carbons (Fsp3) is 0.171. The Balaban J connectivity index is 0.000000117. The molecule has 21 rings (SSSR count). The van der Waals surface area contributed by atoms with E-state index in [2.05, 4.69) is 422 Å². The third-order valence-corrected chi connectivity index (χ3v) is 38.6. The van der Waals surface area contributed by atoms with Crippen LogP contribution in [-0.4, -0.2) is 52.0 Å². The van der Waals surface area contributed by atoms with Crippen LogP contribution in [-0.2, 0) is 97.7 Å². The minimum Gasteiger partial charge on any atom is -0.447 e. The Kier molecular flexibility index (Phi) is 32.6. The largest absolute Gasteiger partial charge is 0.447 e. The summed E-state index contributed by atoms with van der Waals surface area (Å²) in [4.78, 5) is 39.2. The first kappa shape index (κ1) is 88.4. The number of fused-ring (bicyclic) bond motifs is 7. The predicted molar refractivity (Wildman–Crippen MR) is 534 cm³/mol. The van der Waals surface area contributed by atoms with Crippen LogP contribution >= 0.6 is 10.5 Å². The summed E-state index contributed by atoms with van der Waals surface area (Å²) in [5.74, 6) is 7.27. The smallest absolute Gasteiger partial charge is 0.330 e. The van der Waals surface area contributed by atoms with Crippen LogP contribution in [0, 0.1) is 0 Å². The molecule has 0 spiro atoms. The highest BCUT2D eigenvalue weighted by Crippen LogP contribution is 2.50. The fourth-order valence-electron chi connectivity index (χ4n) is 15.0. The average Bonchev–Trinajstić information content (AvgIpc) is 1.49. The van der Waals surface area contributed by atoms with E-state index in [-0.39, 0.29) is 81.3 Å². The average molecular weight is 1750 g/mol. The van der Waals surface area contributed by atoms with Gasteiger partial charge in [-0.25, -0.2) is 9.59 Å². The highest BCUT2D eigenvalue weighted by Gasteiger charge is 2.40. The van der Waals surface area contributed by atoms with Crippen LogP contribution in [0.3, 0.4) is 0 Å². The van der Waals surface area contributed by atoms with Crippen LogP contribution in [0.2, 0.25) is 0 Å². The molecule has 0 amide bonds. The van der Waals surface area contributed by atoms with E-state index in [0.29, 0.717) is 10.2 Å². The van der Waals surface area contributed by atoms with E-state index in [1.807, 2.05) is 30.5 Å². The van der Waals surface area contributed by atoms with E-state index in [0.717, 1.165) is 66.0 Å². The molecular formula is C111H110O3S8+8. The summed E-state index contributed by atoms with van der Waals surface area (Å²) < 4.78 is 8.94. The van der Waals surface area contributed by atoms with Gasteiger partial charge in [-0.3, -0.25) is 0 Å². The lowest BCUT2D eigenvalue weighted by molar-refractivity contribution is -0.112. The quantitative estimate of drug-likeness (QED) is 0.135. The molecular weight excluding hydrogens is 1640 g/mol. The van der Waals surface area contributed by atoms with Gasteiger partial charge in [0.05, 0.1) is 73.6 Å². The fourth-order valence-corrected chi connectivity index (χ4v) is 30.5. The van der Waals surface area contributed by atoms with Gasteiger partial charge in [-0.15, -0.1) is 0 Å². The molecule has 5 aliphatic heterocycles. The van der Waals surface area contributed by atoms with Crippen molar-refractivity contribution in [2.75, 3.05) is 41.8 Å². The molecule has 0 radical (unpaired) electrons. The maximum Gasteiger partial charge on any atom is 0.330 e. The number of benzene rings is 15. The summed E-state index contributed by atoms with van der Waals surface area (Å²) in [5.41, 5.74) is 4.51. The summed E-state index contributed by atoms with van der Waals surface area (Å²) in [6.45, 7) is 6.78. The van der Waals surface area contributed by atoms with Crippen molar-refractivity contribution in [3.8, 4) is 16.4 Å². The van der Waals surface area contributed by atoms with Crippen LogP contribution in [0.5, 0.6) is 11.5 Å². The van der Waals surface area contributed by atoms with Crippen molar-refractivity contribution in [2.45, 2.75) is 136 Å². The maximum atomic E-state index is 10.8. The zero-order valence-corrected chi connectivity index (χ0v) is 77.3. The molecule has 15 aromatic carbocycles. The van der Waals surface area contributed by atoms with Crippen molar-refractivity contribution >= 4 is 117 Å². The van der Waals surface area contributed by atoms with Crippen LogP contribution in [0.15, 0.2) is 471 Å². The Morgan fingerprint density at radius 1 is 0.279 bits per heavy atom. The summed E-state index contributed by atoms with van der Waals surface area (Å²) in [6.07, 6.45) is 15.8. The molecule has 5 aliphatic rings. The lowest BCUT2D eigenvalue weighted by atomic mass is 9.87. The van der Waals surface area contributed by atoms with E-state index in [4.69, 9.17) is 4.74 Å². The minimum atomic E-state index is -0.0829. The molecule has 3 saturated heterocycles. The molecule has 1 aromatic heterocycles. The zero-order valence-electron chi connectivity index (χ0n) is 70.7. The van der Waals surface area contributed by atoms with Crippen LogP contribution in [0.1, 0.15) is 82.4 Å². The number of carbonyl (C=O) groups is 2. The van der Waals surface area contributed by atoms with Crippen molar-refractivity contribution < 1.29 is 14.3 Å². The monoisotopic (exact) mass is 1750 g/mol. The molecule has 122 heavy (non-hydrogen) atoms. The van der Waals surface area contributed by atoms with Gasteiger partial charge in [0.2, 0.25) is 9.79 Å². The predicted octanol–water partition coefficient (Wildman–Crippen LogP) is 28.7. The number of thiophene rings is 1. The molecule has 3 fully saturated rings. The second-order valence-corrected chi connectivity index (χ2v) is 47.7. The topological polar surface area (TPSA) is 43.4 Å². The second kappa shape index (κ2) is 45.0. The third-order valence-electron chi connectivity index (χ3n) is 21.3. The van der Waals surface area contributed by atoms with Crippen molar-refractivity contribution in [1.82, 2.24) is 0 Å². The van der Waals surface area contributed by atoms with Crippen molar-refractivity contribution in [1.29, 1.82) is 0 Å². The number of hydrogen-bond acceptors (Lipinski definition) is 3. The van der Waals surface area contributed by atoms with E-state index in [1.165, 1.54) is 131 Å². The SMILES string of the molecule is CC(C)(C)c1ccc([S+](c2ccccc2)c2ccccc2)cc1.C[S+]1CCCC1.C[S+]1CCCC1=O.C[S+]1CCCCC1=O.c1ccc(-[s+]2c3ccccc3c3ccccc32)cc1.c1ccc([S+](c2ccccc2)c2ccccc2)cc1.c1ccc([S+]2c3ccccc3Cc3ccccc32)cc1.c1ccc([S+]2c3ccccc3Oc3ccccc32)cc1. The van der Waals surface area contributed by atoms with Gasteiger partial charge in [0.15, 0.2) is 74.7 Å². The Hall–Kier alpha value is -9.89.